The lowest BCUT2D eigenvalue weighted by molar-refractivity contribution is -0.0379. The predicted octanol–water partition coefficient (Wildman–Crippen LogP) is 1.79. The standard InChI is InChI=1S/C15H13N5O2/c1-19(22)15(21)13-10-11(5-8-16-13)12-6-9-20(18-12)14-4-2-3-7-17-14/h2-10,22H,1H3. The molecule has 0 bridgehead atoms. The number of pyridine rings is 2. The van der Waals surface area contributed by atoms with Crippen LogP contribution in [-0.4, -0.2) is 43.0 Å². The number of hydrogen-bond acceptors (Lipinski definition) is 5. The van der Waals surface area contributed by atoms with Gasteiger partial charge in [-0.2, -0.15) is 5.10 Å². The highest BCUT2D eigenvalue weighted by atomic mass is 16.5. The van der Waals surface area contributed by atoms with E-state index in [0.29, 0.717) is 16.6 Å². The van der Waals surface area contributed by atoms with Gasteiger partial charge < -0.3 is 0 Å². The molecular weight excluding hydrogens is 282 g/mol. The number of hydrogen-bond donors (Lipinski definition) is 1. The summed E-state index contributed by atoms with van der Waals surface area (Å²) in [7, 11) is 1.26. The van der Waals surface area contributed by atoms with Crippen LogP contribution in [0.1, 0.15) is 10.5 Å². The molecule has 0 saturated carbocycles. The van der Waals surface area contributed by atoms with Gasteiger partial charge in [0.2, 0.25) is 0 Å². The van der Waals surface area contributed by atoms with E-state index < -0.39 is 5.91 Å². The van der Waals surface area contributed by atoms with Gasteiger partial charge in [0, 0.05) is 31.2 Å². The van der Waals surface area contributed by atoms with Crippen molar-refractivity contribution in [2.24, 2.45) is 0 Å². The lowest BCUT2D eigenvalue weighted by atomic mass is 10.1. The average molecular weight is 295 g/mol. The first-order valence-corrected chi connectivity index (χ1v) is 6.55. The van der Waals surface area contributed by atoms with Crippen molar-refractivity contribution >= 4 is 5.91 Å². The third-order valence-corrected chi connectivity index (χ3v) is 3.04. The molecule has 3 aromatic heterocycles. The summed E-state index contributed by atoms with van der Waals surface area (Å²) >= 11 is 0. The summed E-state index contributed by atoms with van der Waals surface area (Å²) in [5.41, 5.74) is 1.56. The molecule has 0 aliphatic heterocycles. The van der Waals surface area contributed by atoms with Crippen molar-refractivity contribution in [1.82, 2.24) is 24.8 Å². The van der Waals surface area contributed by atoms with Crippen LogP contribution in [0, 0.1) is 0 Å². The van der Waals surface area contributed by atoms with E-state index >= 15 is 0 Å². The van der Waals surface area contributed by atoms with Crippen molar-refractivity contribution in [1.29, 1.82) is 0 Å². The highest BCUT2D eigenvalue weighted by Gasteiger charge is 2.13. The number of carbonyl (C=O) groups excluding carboxylic acids is 1. The first-order valence-electron chi connectivity index (χ1n) is 6.55. The first-order chi connectivity index (χ1) is 10.6. The van der Waals surface area contributed by atoms with Crippen molar-refractivity contribution in [2.75, 3.05) is 7.05 Å². The summed E-state index contributed by atoms with van der Waals surface area (Å²) in [5, 5.41) is 14.1. The second kappa shape index (κ2) is 5.74. The van der Waals surface area contributed by atoms with E-state index in [1.165, 1.54) is 13.2 Å². The van der Waals surface area contributed by atoms with Crippen LogP contribution >= 0.6 is 0 Å². The van der Waals surface area contributed by atoms with Gasteiger partial charge in [0.25, 0.3) is 5.91 Å². The minimum atomic E-state index is -0.578. The summed E-state index contributed by atoms with van der Waals surface area (Å²) in [6.07, 6.45) is 4.99. The summed E-state index contributed by atoms with van der Waals surface area (Å²) in [6.45, 7) is 0. The third kappa shape index (κ3) is 2.70. The Bertz CT molecular complexity index is 798. The maximum atomic E-state index is 11.7. The van der Waals surface area contributed by atoms with E-state index in [1.54, 1.807) is 29.2 Å². The Morgan fingerprint density at radius 1 is 1.18 bits per heavy atom. The topological polar surface area (TPSA) is 84.1 Å². The molecular formula is C15H13N5O2. The Hall–Kier alpha value is -3.06. The van der Waals surface area contributed by atoms with Crippen molar-refractivity contribution in [3.8, 4) is 17.1 Å². The molecule has 0 unspecified atom stereocenters. The van der Waals surface area contributed by atoms with Gasteiger partial charge in [0.05, 0.1) is 5.69 Å². The van der Waals surface area contributed by atoms with Gasteiger partial charge in [-0.25, -0.2) is 14.7 Å². The Morgan fingerprint density at radius 3 is 2.77 bits per heavy atom. The molecule has 1 N–H and O–H groups in total. The van der Waals surface area contributed by atoms with E-state index in [2.05, 4.69) is 15.1 Å². The fraction of sp³-hybridized carbons (Fsp3) is 0.0667. The van der Waals surface area contributed by atoms with Crippen molar-refractivity contribution in [2.45, 2.75) is 0 Å². The molecule has 0 saturated heterocycles. The summed E-state index contributed by atoms with van der Waals surface area (Å²) < 4.78 is 1.65. The van der Waals surface area contributed by atoms with Gasteiger partial charge in [-0.3, -0.25) is 15.0 Å². The highest BCUT2D eigenvalue weighted by molar-refractivity contribution is 5.92. The fourth-order valence-electron chi connectivity index (χ4n) is 1.97. The summed E-state index contributed by atoms with van der Waals surface area (Å²) in [6, 6.07) is 10.7. The predicted molar refractivity (Wildman–Crippen MR) is 78.5 cm³/mol. The molecule has 0 spiro atoms. The van der Waals surface area contributed by atoms with Crippen LogP contribution in [0.2, 0.25) is 0 Å². The van der Waals surface area contributed by atoms with E-state index in [9.17, 15) is 10.0 Å². The lowest BCUT2D eigenvalue weighted by Gasteiger charge is -2.07. The van der Waals surface area contributed by atoms with E-state index in [1.807, 2.05) is 24.3 Å². The molecule has 3 rings (SSSR count). The van der Waals surface area contributed by atoms with Crippen LogP contribution in [0.3, 0.4) is 0 Å². The van der Waals surface area contributed by atoms with Gasteiger partial charge in [0.1, 0.15) is 5.69 Å². The quantitative estimate of drug-likeness (QED) is 0.588. The molecule has 7 heteroatoms. The molecule has 7 nitrogen and oxygen atoms in total. The molecule has 110 valence electrons. The molecule has 0 atom stereocenters. The van der Waals surface area contributed by atoms with Crippen LogP contribution < -0.4 is 0 Å². The average Bonchev–Trinajstić information content (AvgIpc) is 3.05. The monoisotopic (exact) mass is 295 g/mol. The number of carbonyl (C=O) groups is 1. The number of aromatic nitrogens is 4. The fourth-order valence-corrected chi connectivity index (χ4v) is 1.97. The van der Waals surface area contributed by atoms with E-state index in [4.69, 9.17) is 0 Å². The maximum Gasteiger partial charge on any atom is 0.295 e. The molecule has 3 heterocycles. The van der Waals surface area contributed by atoms with Crippen LogP contribution in [0.15, 0.2) is 55.0 Å². The normalized spacial score (nSPS) is 10.5. The van der Waals surface area contributed by atoms with Gasteiger partial charge in [-0.1, -0.05) is 6.07 Å². The van der Waals surface area contributed by atoms with Gasteiger partial charge >= 0.3 is 0 Å². The molecule has 0 fully saturated rings. The molecule has 0 radical (unpaired) electrons. The lowest BCUT2D eigenvalue weighted by Crippen LogP contribution is -2.23. The van der Waals surface area contributed by atoms with Crippen LogP contribution in [-0.2, 0) is 0 Å². The third-order valence-electron chi connectivity index (χ3n) is 3.04. The van der Waals surface area contributed by atoms with Gasteiger partial charge in [-0.05, 0) is 30.3 Å². The minimum Gasteiger partial charge on any atom is -0.286 e. The zero-order valence-electron chi connectivity index (χ0n) is 11.8. The van der Waals surface area contributed by atoms with E-state index in [0.717, 1.165) is 5.56 Å². The van der Waals surface area contributed by atoms with Crippen LogP contribution in [0.4, 0.5) is 0 Å². The molecule has 0 aromatic carbocycles. The Morgan fingerprint density at radius 2 is 2.05 bits per heavy atom. The zero-order valence-corrected chi connectivity index (χ0v) is 11.8. The van der Waals surface area contributed by atoms with Crippen molar-refractivity contribution in [3.05, 3.63) is 60.7 Å². The number of nitrogens with zero attached hydrogens (tertiary/aromatic N) is 5. The van der Waals surface area contributed by atoms with Crippen molar-refractivity contribution < 1.29 is 10.0 Å². The Kier molecular flexibility index (Phi) is 3.63. The summed E-state index contributed by atoms with van der Waals surface area (Å²) in [5.74, 6) is 0.125. The molecule has 3 aromatic rings. The van der Waals surface area contributed by atoms with Crippen molar-refractivity contribution in [3.63, 3.8) is 0 Å². The highest BCUT2D eigenvalue weighted by Crippen LogP contribution is 2.18. The minimum absolute atomic E-state index is 0.148. The van der Waals surface area contributed by atoms with Crippen LogP contribution in [0.5, 0.6) is 0 Å². The Labute approximate surface area is 126 Å². The maximum absolute atomic E-state index is 11.7. The molecule has 0 aliphatic carbocycles. The molecule has 1 amide bonds. The molecule has 22 heavy (non-hydrogen) atoms. The first kappa shape index (κ1) is 13.9. The number of amides is 1. The van der Waals surface area contributed by atoms with Gasteiger partial charge in [-0.15, -0.1) is 0 Å². The second-order valence-electron chi connectivity index (χ2n) is 4.59. The Balaban J connectivity index is 1.94. The second-order valence-corrected chi connectivity index (χ2v) is 4.59. The summed E-state index contributed by atoms with van der Waals surface area (Å²) in [4.78, 5) is 19.9. The SMILES string of the molecule is CN(O)C(=O)c1cc(-c2ccn(-c3ccccn3)n2)ccn1. The molecule has 0 aliphatic rings. The smallest absolute Gasteiger partial charge is 0.286 e. The largest absolute Gasteiger partial charge is 0.295 e. The van der Waals surface area contributed by atoms with E-state index in [-0.39, 0.29) is 5.69 Å². The van der Waals surface area contributed by atoms with Crippen LogP contribution in [0.25, 0.3) is 17.1 Å². The number of rotatable bonds is 3. The number of hydroxylamine groups is 2. The zero-order chi connectivity index (χ0) is 15.5. The van der Waals surface area contributed by atoms with Gasteiger partial charge in [0.15, 0.2) is 5.82 Å².